The van der Waals surface area contributed by atoms with E-state index in [-0.39, 0.29) is 12.6 Å². The normalized spacial score (nSPS) is 12.4. The standard InChI is InChI=1S/C18H23NO/c1-13(2)15-8-10-16(11-9-15)18(12-20)19-17-7-5-4-6-14(17)3/h4-11,13,18-20H,12H2,1-3H3. The third-order valence-corrected chi connectivity index (χ3v) is 3.66. The number of hydrogen-bond donors (Lipinski definition) is 2. The number of aliphatic hydroxyl groups excluding tert-OH is 1. The molecule has 0 fully saturated rings. The Hall–Kier alpha value is -1.80. The van der Waals surface area contributed by atoms with Gasteiger partial charge in [-0.1, -0.05) is 56.3 Å². The van der Waals surface area contributed by atoms with Crippen molar-refractivity contribution >= 4 is 5.69 Å². The molecule has 2 rings (SSSR count). The summed E-state index contributed by atoms with van der Waals surface area (Å²) in [6.45, 7) is 6.52. The summed E-state index contributed by atoms with van der Waals surface area (Å²) in [4.78, 5) is 0. The second-order valence-electron chi connectivity index (χ2n) is 5.52. The van der Waals surface area contributed by atoms with Gasteiger partial charge in [0.25, 0.3) is 0 Å². The predicted molar refractivity (Wildman–Crippen MR) is 85.2 cm³/mol. The highest BCUT2D eigenvalue weighted by molar-refractivity contribution is 5.52. The van der Waals surface area contributed by atoms with Gasteiger partial charge in [-0.3, -0.25) is 0 Å². The highest BCUT2D eigenvalue weighted by Gasteiger charge is 2.11. The summed E-state index contributed by atoms with van der Waals surface area (Å²) in [7, 11) is 0. The van der Waals surface area contributed by atoms with E-state index >= 15 is 0 Å². The summed E-state index contributed by atoms with van der Waals surface area (Å²) in [5.41, 5.74) is 4.69. The van der Waals surface area contributed by atoms with Gasteiger partial charge >= 0.3 is 0 Å². The number of hydrogen-bond acceptors (Lipinski definition) is 2. The first kappa shape index (κ1) is 14.6. The fourth-order valence-corrected chi connectivity index (χ4v) is 2.27. The molecule has 0 heterocycles. The number of para-hydroxylation sites is 1. The van der Waals surface area contributed by atoms with Crippen LogP contribution in [0.15, 0.2) is 48.5 Å². The molecule has 20 heavy (non-hydrogen) atoms. The summed E-state index contributed by atoms with van der Waals surface area (Å²) >= 11 is 0. The minimum atomic E-state index is -0.0719. The number of aryl methyl sites for hydroxylation is 1. The largest absolute Gasteiger partial charge is 0.394 e. The highest BCUT2D eigenvalue weighted by Crippen LogP contribution is 2.23. The Labute approximate surface area is 121 Å². The van der Waals surface area contributed by atoms with E-state index in [0.717, 1.165) is 11.3 Å². The summed E-state index contributed by atoms with van der Waals surface area (Å²) in [5.74, 6) is 0.529. The maximum Gasteiger partial charge on any atom is 0.0745 e. The molecule has 0 saturated carbocycles. The van der Waals surface area contributed by atoms with Gasteiger partial charge in [-0.15, -0.1) is 0 Å². The Morgan fingerprint density at radius 1 is 0.950 bits per heavy atom. The topological polar surface area (TPSA) is 32.3 Å². The van der Waals surface area contributed by atoms with Crippen molar-refractivity contribution in [3.05, 3.63) is 65.2 Å². The van der Waals surface area contributed by atoms with E-state index in [9.17, 15) is 5.11 Å². The second-order valence-corrected chi connectivity index (χ2v) is 5.52. The van der Waals surface area contributed by atoms with Gasteiger partial charge in [0.1, 0.15) is 0 Å². The lowest BCUT2D eigenvalue weighted by atomic mass is 9.99. The van der Waals surface area contributed by atoms with E-state index in [2.05, 4.69) is 56.4 Å². The van der Waals surface area contributed by atoms with E-state index < -0.39 is 0 Å². The maximum absolute atomic E-state index is 9.65. The lowest BCUT2D eigenvalue weighted by Crippen LogP contribution is -2.15. The molecule has 0 aromatic heterocycles. The minimum absolute atomic E-state index is 0.0719. The van der Waals surface area contributed by atoms with Gasteiger partial charge in [0.2, 0.25) is 0 Å². The number of benzene rings is 2. The van der Waals surface area contributed by atoms with Crippen LogP contribution in [-0.2, 0) is 0 Å². The Bertz CT molecular complexity index is 546. The SMILES string of the molecule is Cc1ccccc1NC(CO)c1ccc(C(C)C)cc1. The molecule has 0 aliphatic carbocycles. The molecular formula is C18H23NO. The first-order valence-electron chi connectivity index (χ1n) is 7.14. The van der Waals surface area contributed by atoms with Crippen LogP contribution in [0.5, 0.6) is 0 Å². The third-order valence-electron chi connectivity index (χ3n) is 3.66. The first-order chi connectivity index (χ1) is 9.61. The average Bonchev–Trinajstić information content (AvgIpc) is 2.46. The molecule has 0 saturated heterocycles. The molecule has 0 aliphatic rings. The van der Waals surface area contributed by atoms with Crippen LogP contribution in [0.1, 0.15) is 42.5 Å². The fourth-order valence-electron chi connectivity index (χ4n) is 2.27. The van der Waals surface area contributed by atoms with Gasteiger partial charge in [0, 0.05) is 5.69 Å². The van der Waals surface area contributed by atoms with Crippen LogP contribution in [0, 0.1) is 6.92 Å². The minimum Gasteiger partial charge on any atom is -0.394 e. The third kappa shape index (κ3) is 3.40. The lowest BCUT2D eigenvalue weighted by Gasteiger charge is -2.20. The van der Waals surface area contributed by atoms with E-state index in [1.54, 1.807) is 0 Å². The Kier molecular flexibility index (Phi) is 4.80. The molecule has 1 atom stereocenters. The first-order valence-corrected chi connectivity index (χ1v) is 7.14. The fraction of sp³-hybridized carbons (Fsp3) is 0.333. The molecular weight excluding hydrogens is 246 g/mol. The molecule has 106 valence electrons. The number of anilines is 1. The van der Waals surface area contributed by atoms with Crippen LogP contribution in [0.2, 0.25) is 0 Å². The monoisotopic (exact) mass is 269 g/mol. The van der Waals surface area contributed by atoms with Gasteiger partial charge in [0.15, 0.2) is 0 Å². The summed E-state index contributed by atoms with van der Waals surface area (Å²) in [6.07, 6.45) is 0. The zero-order valence-electron chi connectivity index (χ0n) is 12.4. The average molecular weight is 269 g/mol. The van der Waals surface area contributed by atoms with Crippen LogP contribution in [0.25, 0.3) is 0 Å². The summed E-state index contributed by atoms with van der Waals surface area (Å²) < 4.78 is 0. The van der Waals surface area contributed by atoms with Gasteiger partial charge < -0.3 is 10.4 Å². The molecule has 0 bridgehead atoms. The zero-order valence-corrected chi connectivity index (χ0v) is 12.4. The molecule has 2 nitrogen and oxygen atoms in total. The molecule has 2 heteroatoms. The van der Waals surface area contributed by atoms with Crippen molar-refractivity contribution in [3.63, 3.8) is 0 Å². The number of nitrogens with one attached hydrogen (secondary N) is 1. The molecule has 2 aromatic carbocycles. The smallest absolute Gasteiger partial charge is 0.0745 e. The molecule has 1 unspecified atom stereocenters. The van der Waals surface area contributed by atoms with Crippen LogP contribution in [-0.4, -0.2) is 11.7 Å². The predicted octanol–water partition coefficient (Wildman–Crippen LogP) is 4.26. The molecule has 0 spiro atoms. The van der Waals surface area contributed by atoms with Gasteiger partial charge in [0.05, 0.1) is 12.6 Å². The van der Waals surface area contributed by atoms with Crippen LogP contribution in [0.4, 0.5) is 5.69 Å². The quantitative estimate of drug-likeness (QED) is 0.850. The summed E-state index contributed by atoms with van der Waals surface area (Å²) in [5, 5.41) is 13.1. The maximum atomic E-state index is 9.65. The van der Waals surface area contributed by atoms with Crippen LogP contribution in [0.3, 0.4) is 0 Å². The number of aliphatic hydroxyl groups is 1. The van der Waals surface area contributed by atoms with E-state index in [4.69, 9.17) is 0 Å². The molecule has 0 radical (unpaired) electrons. The van der Waals surface area contributed by atoms with Crippen molar-refractivity contribution in [3.8, 4) is 0 Å². The van der Waals surface area contributed by atoms with Gasteiger partial charge in [-0.25, -0.2) is 0 Å². The summed E-state index contributed by atoms with van der Waals surface area (Å²) in [6, 6.07) is 16.5. The molecule has 2 aromatic rings. The van der Waals surface area contributed by atoms with E-state index in [1.165, 1.54) is 11.1 Å². The second kappa shape index (κ2) is 6.58. The lowest BCUT2D eigenvalue weighted by molar-refractivity contribution is 0.276. The van der Waals surface area contributed by atoms with Crippen molar-refractivity contribution in [1.29, 1.82) is 0 Å². The van der Waals surface area contributed by atoms with Gasteiger partial charge in [-0.05, 0) is 35.6 Å². The van der Waals surface area contributed by atoms with Gasteiger partial charge in [-0.2, -0.15) is 0 Å². The van der Waals surface area contributed by atoms with E-state index in [1.807, 2.05) is 18.2 Å². The zero-order chi connectivity index (χ0) is 14.5. The number of rotatable bonds is 5. The van der Waals surface area contributed by atoms with E-state index in [0.29, 0.717) is 5.92 Å². The Balaban J connectivity index is 2.18. The van der Waals surface area contributed by atoms with Crippen LogP contribution < -0.4 is 5.32 Å². The van der Waals surface area contributed by atoms with Crippen molar-refractivity contribution in [2.75, 3.05) is 11.9 Å². The van der Waals surface area contributed by atoms with Crippen molar-refractivity contribution < 1.29 is 5.11 Å². The molecule has 0 amide bonds. The Morgan fingerprint density at radius 3 is 2.10 bits per heavy atom. The van der Waals surface area contributed by atoms with Crippen LogP contribution >= 0.6 is 0 Å². The van der Waals surface area contributed by atoms with Crippen molar-refractivity contribution in [2.45, 2.75) is 32.7 Å². The van der Waals surface area contributed by atoms with Crippen molar-refractivity contribution in [2.24, 2.45) is 0 Å². The van der Waals surface area contributed by atoms with Crippen molar-refractivity contribution in [1.82, 2.24) is 0 Å². The highest BCUT2D eigenvalue weighted by atomic mass is 16.3. The Morgan fingerprint density at radius 2 is 1.55 bits per heavy atom. The molecule has 0 aliphatic heterocycles. The molecule has 2 N–H and O–H groups in total.